The summed E-state index contributed by atoms with van der Waals surface area (Å²) in [5, 5.41) is 9.51. The third-order valence-corrected chi connectivity index (χ3v) is 3.80. The number of unbranched alkanes of at least 4 members (excludes halogenated alkanes) is 3. The normalized spacial score (nSPS) is 14.3. The summed E-state index contributed by atoms with van der Waals surface area (Å²) >= 11 is 0. The van der Waals surface area contributed by atoms with E-state index >= 15 is 0 Å². The number of rotatable bonds is 5. The van der Waals surface area contributed by atoms with Crippen LogP contribution in [0.3, 0.4) is 0 Å². The van der Waals surface area contributed by atoms with E-state index in [0.717, 1.165) is 31.4 Å². The zero-order valence-corrected chi connectivity index (χ0v) is 11.7. The number of phenols is 1. The van der Waals surface area contributed by atoms with Gasteiger partial charge in [0.05, 0.1) is 0 Å². The Morgan fingerprint density at radius 3 is 2.89 bits per heavy atom. The first-order valence-electron chi connectivity index (χ1n) is 7.29. The molecule has 0 atom stereocenters. The van der Waals surface area contributed by atoms with Crippen molar-refractivity contribution in [2.75, 3.05) is 6.54 Å². The lowest BCUT2D eigenvalue weighted by Gasteiger charge is -2.29. The zero-order valence-electron chi connectivity index (χ0n) is 11.7. The predicted molar refractivity (Wildman–Crippen MR) is 76.0 cm³/mol. The summed E-state index contributed by atoms with van der Waals surface area (Å²) in [5.74, 6) is 0.543. The molecule has 0 fully saturated rings. The fraction of sp³-hybridized carbons (Fsp3) is 0.562. The second kappa shape index (κ2) is 6.60. The van der Waals surface area contributed by atoms with E-state index in [4.69, 9.17) is 0 Å². The highest BCUT2D eigenvalue weighted by atomic mass is 16.3. The Labute approximate surface area is 115 Å². The predicted octanol–water partition coefficient (Wildman–Crippen LogP) is 3.25. The van der Waals surface area contributed by atoms with Gasteiger partial charge in [0.15, 0.2) is 0 Å². The molecule has 2 rings (SSSR count). The van der Waals surface area contributed by atoms with E-state index in [1.165, 1.54) is 18.4 Å². The van der Waals surface area contributed by atoms with Gasteiger partial charge in [0.2, 0.25) is 5.91 Å². The number of aromatic hydroxyl groups is 1. The third kappa shape index (κ3) is 3.72. The van der Waals surface area contributed by atoms with E-state index in [9.17, 15) is 9.90 Å². The number of fused-ring (bicyclic) bond motifs is 1. The van der Waals surface area contributed by atoms with Gasteiger partial charge >= 0.3 is 0 Å². The van der Waals surface area contributed by atoms with Crippen LogP contribution in [-0.2, 0) is 17.8 Å². The summed E-state index contributed by atoms with van der Waals surface area (Å²) in [6, 6.07) is 5.47. The molecule has 0 saturated heterocycles. The van der Waals surface area contributed by atoms with Crippen LogP contribution < -0.4 is 0 Å². The average Bonchev–Trinajstić information content (AvgIpc) is 2.42. The highest BCUT2D eigenvalue weighted by molar-refractivity contribution is 5.76. The van der Waals surface area contributed by atoms with Crippen molar-refractivity contribution in [3.05, 3.63) is 29.3 Å². The quantitative estimate of drug-likeness (QED) is 0.827. The molecule has 19 heavy (non-hydrogen) atoms. The topological polar surface area (TPSA) is 40.5 Å². The van der Waals surface area contributed by atoms with Gasteiger partial charge in [-0.25, -0.2) is 0 Å². The molecule has 0 spiro atoms. The third-order valence-electron chi connectivity index (χ3n) is 3.80. The molecule has 1 aliphatic rings. The molecule has 1 aliphatic heterocycles. The van der Waals surface area contributed by atoms with Crippen molar-refractivity contribution in [3.63, 3.8) is 0 Å². The van der Waals surface area contributed by atoms with Crippen LogP contribution in [-0.4, -0.2) is 22.5 Å². The van der Waals surface area contributed by atoms with Crippen LogP contribution in [0.1, 0.15) is 50.2 Å². The minimum absolute atomic E-state index is 0.255. The van der Waals surface area contributed by atoms with Crippen molar-refractivity contribution in [1.82, 2.24) is 4.90 Å². The Kier molecular flexibility index (Phi) is 4.83. The van der Waals surface area contributed by atoms with Crippen molar-refractivity contribution < 1.29 is 9.90 Å². The minimum atomic E-state index is 0.255. The first-order valence-corrected chi connectivity index (χ1v) is 7.29. The van der Waals surface area contributed by atoms with Gasteiger partial charge in [0, 0.05) is 19.5 Å². The van der Waals surface area contributed by atoms with Crippen molar-refractivity contribution in [1.29, 1.82) is 0 Å². The average molecular weight is 261 g/mol. The molecule has 1 heterocycles. The number of carbonyl (C=O) groups is 1. The maximum Gasteiger partial charge on any atom is 0.222 e. The van der Waals surface area contributed by atoms with Gasteiger partial charge in [-0.1, -0.05) is 32.3 Å². The van der Waals surface area contributed by atoms with Gasteiger partial charge in [-0.15, -0.1) is 0 Å². The lowest BCUT2D eigenvalue weighted by Crippen LogP contribution is -2.35. The molecule has 1 N–H and O–H groups in total. The fourth-order valence-corrected chi connectivity index (χ4v) is 2.62. The van der Waals surface area contributed by atoms with Gasteiger partial charge in [-0.3, -0.25) is 4.79 Å². The summed E-state index contributed by atoms with van der Waals surface area (Å²) in [7, 11) is 0. The summed E-state index contributed by atoms with van der Waals surface area (Å²) < 4.78 is 0. The Hall–Kier alpha value is -1.51. The van der Waals surface area contributed by atoms with E-state index in [1.807, 2.05) is 11.0 Å². The molecular formula is C16H23NO2. The Morgan fingerprint density at radius 1 is 1.26 bits per heavy atom. The van der Waals surface area contributed by atoms with Crippen LogP contribution in [0.4, 0.5) is 0 Å². The van der Waals surface area contributed by atoms with Gasteiger partial charge < -0.3 is 10.0 Å². The van der Waals surface area contributed by atoms with Gasteiger partial charge in [-0.05, 0) is 36.1 Å². The number of hydrogen-bond donors (Lipinski definition) is 1. The molecule has 1 aromatic carbocycles. The number of nitrogens with zero attached hydrogens (tertiary/aromatic N) is 1. The minimum Gasteiger partial charge on any atom is -0.508 e. The van der Waals surface area contributed by atoms with Gasteiger partial charge in [0.1, 0.15) is 5.75 Å². The lowest BCUT2D eigenvalue weighted by molar-refractivity contribution is -0.132. The van der Waals surface area contributed by atoms with E-state index in [1.54, 1.807) is 12.1 Å². The largest absolute Gasteiger partial charge is 0.508 e. The van der Waals surface area contributed by atoms with Crippen LogP contribution in [0.5, 0.6) is 5.75 Å². The number of carbonyl (C=O) groups excluding carboxylic acids is 1. The fourth-order valence-electron chi connectivity index (χ4n) is 2.62. The monoisotopic (exact) mass is 261 g/mol. The zero-order chi connectivity index (χ0) is 13.7. The molecule has 104 valence electrons. The molecule has 1 amide bonds. The number of benzene rings is 1. The second-order valence-electron chi connectivity index (χ2n) is 5.33. The maximum absolute atomic E-state index is 12.1. The molecule has 0 bridgehead atoms. The maximum atomic E-state index is 12.1. The molecule has 0 aliphatic carbocycles. The highest BCUT2D eigenvalue weighted by Gasteiger charge is 2.20. The number of amides is 1. The smallest absolute Gasteiger partial charge is 0.222 e. The summed E-state index contributed by atoms with van der Waals surface area (Å²) in [6.07, 6.45) is 6.11. The Balaban J connectivity index is 1.88. The summed E-state index contributed by atoms with van der Waals surface area (Å²) in [6.45, 7) is 3.64. The standard InChI is InChI=1S/C16H23NO2/c1-2-3-4-5-6-16(19)17-10-9-13-7-8-15(18)11-14(13)12-17/h7-8,11,18H,2-6,9-10,12H2,1H3. The van der Waals surface area contributed by atoms with Crippen molar-refractivity contribution in [3.8, 4) is 5.75 Å². The van der Waals surface area contributed by atoms with E-state index in [-0.39, 0.29) is 11.7 Å². The second-order valence-corrected chi connectivity index (χ2v) is 5.33. The lowest BCUT2D eigenvalue weighted by atomic mass is 9.99. The molecule has 3 heteroatoms. The van der Waals surface area contributed by atoms with Crippen molar-refractivity contribution >= 4 is 5.91 Å². The molecule has 0 aromatic heterocycles. The SMILES string of the molecule is CCCCCCC(=O)N1CCc2ccc(O)cc2C1. The Bertz CT molecular complexity index is 442. The van der Waals surface area contributed by atoms with E-state index in [0.29, 0.717) is 13.0 Å². The van der Waals surface area contributed by atoms with Crippen LogP contribution in [0.15, 0.2) is 18.2 Å². The van der Waals surface area contributed by atoms with E-state index in [2.05, 4.69) is 6.92 Å². The summed E-state index contributed by atoms with van der Waals surface area (Å²) in [4.78, 5) is 14.0. The Morgan fingerprint density at radius 2 is 2.11 bits per heavy atom. The van der Waals surface area contributed by atoms with Crippen LogP contribution in [0.2, 0.25) is 0 Å². The molecule has 0 unspecified atom stereocenters. The van der Waals surface area contributed by atoms with Gasteiger partial charge in [-0.2, -0.15) is 0 Å². The molecule has 1 aromatic rings. The van der Waals surface area contributed by atoms with Crippen molar-refractivity contribution in [2.24, 2.45) is 0 Å². The highest BCUT2D eigenvalue weighted by Crippen LogP contribution is 2.23. The summed E-state index contributed by atoms with van der Waals surface area (Å²) in [5.41, 5.74) is 2.35. The van der Waals surface area contributed by atoms with Crippen molar-refractivity contribution in [2.45, 2.75) is 52.0 Å². The molecule has 3 nitrogen and oxygen atoms in total. The van der Waals surface area contributed by atoms with Gasteiger partial charge in [0.25, 0.3) is 0 Å². The first kappa shape index (κ1) is 13.9. The molecule has 0 saturated carbocycles. The van der Waals surface area contributed by atoms with Crippen LogP contribution in [0, 0.1) is 0 Å². The molecule has 0 radical (unpaired) electrons. The first-order chi connectivity index (χ1) is 9.20. The molecular weight excluding hydrogens is 238 g/mol. The number of phenolic OH excluding ortho intramolecular Hbond substituents is 1. The van der Waals surface area contributed by atoms with Crippen LogP contribution in [0.25, 0.3) is 0 Å². The van der Waals surface area contributed by atoms with Crippen LogP contribution >= 0.6 is 0 Å². The number of hydrogen-bond acceptors (Lipinski definition) is 2. The van der Waals surface area contributed by atoms with E-state index < -0.39 is 0 Å².